The smallest absolute Gasteiger partial charge is 0.231 e. The van der Waals surface area contributed by atoms with E-state index in [1.165, 1.54) is 23.7 Å². The summed E-state index contributed by atoms with van der Waals surface area (Å²) >= 11 is 0. The zero-order chi connectivity index (χ0) is 18.8. The fraction of sp³-hybridized carbons (Fsp3) is 0.111. The molecule has 4 rings (SSSR count). The van der Waals surface area contributed by atoms with E-state index in [1.807, 2.05) is 0 Å². The SMILES string of the molecule is CC(=O)c1cc2c(cc1NC=Cc1nnnn1-c1ccc(F)cc1)OCO2. The Labute approximate surface area is 153 Å². The first-order valence-electron chi connectivity index (χ1n) is 8.04. The topological polar surface area (TPSA) is 91.2 Å². The van der Waals surface area contributed by atoms with Crippen LogP contribution in [0.1, 0.15) is 23.1 Å². The molecule has 0 fully saturated rings. The maximum absolute atomic E-state index is 13.1. The van der Waals surface area contributed by atoms with E-state index < -0.39 is 0 Å². The quantitative estimate of drug-likeness (QED) is 0.693. The number of tetrazole rings is 1. The Morgan fingerprint density at radius 3 is 2.70 bits per heavy atom. The second-order valence-electron chi connectivity index (χ2n) is 5.71. The first-order valence-corrected chi connectivity index (χ1v) is 8.04. The van der Waals surface area contributed by atoms with Crippen LogP contribution in [0.5, 0.6) is 11.5 Å². The van der Waals surface area contributed by atoms with E-state index in [2.05, 4.69) is 20.8 Å². The van der Waals surface area contributed by atoms with E-state index in [1.54, 1.807) is 36.5 Å². The van der Waals surface area contributed by atoms with Gasteiger partial charge in [0.1, 0.15) is 5.82 Å². The Hall–Kier alpha value is -3.75. The monoisotopic (exact) mass is 367 g/mol. The number of anilines is 1. The van der Waals surface area contributed by atoms with E-state index in [9.17, 15) is 9.18 Å². The van der Waals surface area contributed by atoms with Gasteiger partial charge in [-0.2, -0.15) is 4.68 Å². The van der Waals surface area contributed by atoms with Crippen LogP contribution < -0.4 is 14.8 Å². The summed E-state index contributed by atoms with van der Waals surface area (Å²) in [7, 11) is 0. The van der Waals surface area contributed by atoms with Crippen molar-refractivity contribution in [2.24, 2.45) is 0 Å². The molecule has 0 bridgehead atoms. The van der Waals surface area contributed by atoms with Gasteiger partial charge >= 0.3 is 0 Å². The number of Topliss-reactive ketones (excluding diaryl/α,β-unsaturated/α-hetero) is 1. The minimum absolute atomic E-state index is 0.111. The van der Waals surface area contributed by atoms with Crippen molar-refractivity contribution in [1.82, 2.24) is 20.2 Å². The second-order valence-corrected chi connectivity index (χ2v) is 5.71. The highest BCUT2D eigenvalue weighted by Gasteiger charge is 2.18. The lowest BCUT2D eigenvalue weighted by Gasteiger charge is -2.08. The van der Waals surface area contributed by atoms with Crippen molar-refractivity contribution in [3.63, 3.8) is 0 Å². The van der Waals surface area contributed by atoms with Crippen molar-refractivity contribution in [3.8, 4) is 17.2 Å². The Morgan fingerprint density at radius 1 is 1.22 bits per heavy atom. The van der Waals surface area contributed by atoms with Gasteiger partial charge in [-0.05, 0) is 47.7 Å². The standard InChI is InChI=1S/C18H14FN5O3/c1-11(25)14-8-16-17(27-10-26-16)9-15(14)20-7-6-18-21-22-23-24(18)13-4-2-12(19)3-5-13/h2-9,20H,10H2,1H3. The maximum Gasteiger partial charge on any atom is 0.231 e. The molecule has 1 aliphatic heterocycles. The number of benzene rings is 2. The molecule has 0 spiro atoms. The number of aromatic nitrogens is 4. The van der Waals surface area contributed by atoms with Crippen LogP contribution in [0.15, 0.2) is 42.6 Å². The first-order chi connectivity index (χ1) is 13.1. The number of nitrogens with one attached hydrogen (secondary N) is 1. The lowest BCUT2D eigenvalue weighted by atomic mass is 10.1. The molecule has 1 aliphatic rings. The second kappa shape index (κ2) is 6.87. The molecule has 9 heteroatoms. The van der Waals surface area contributed by atoms with Crippen molar-refractivity contribution in [2.45, 2.75) is 6.92 Å². The minimum Gasteiger partial charge on any atom is -0.454 e. The van der Waals surface area contributed by atoms with Gasteiger partial charge in [-0.25, -0.2) is 4.39 Å². The molecule has 0 aliphatic carbocycles. The van der Waals surface area contributed by atoms with Gasteiger partial charge in [0.05, 0.1) is 11.4 Å². The number of carbonyl (C=O) groups is 1. The highest BCUT2D eigenvalue weighted by molar-refractivity contribution is 6.00. The summed E-state index contributed by atoms with van der Waals surface area (Å²) in [4.78, 5) is 11.9. The number of nitrogens with zero attached hydrogens (tertiary/aromatic N) is 4. The predicted molar refractivity (Wildman–Crippen MR) is 94.3 cm³/mol. The van der Waals surface area contributed by atoms with Gasteiger partial charge in [-0.15, -0.1) is 5.10 Å². The lowest BCUT2D eigenvalue weighted by molar-refractivity contribution is 0.101. The third-order valence-electron chi connectivity index (χ3n) is 3.93. The number of halogens is 1. The Balaban J connectivity index is 1.58. The van der Waals surface area contributed by atoms with Gasteiger partial charge in [-0.1, -0.05) is 0 Å². The number of hydrogen-bond acceptors (Lipinski definition) is 7. The summed E-state index contributed by atoms with van der Waals surface area (Å²) in [5.41, 5.74) is 1.67. The van der Waals surface area contributed by atoms with E-state index >= 15 is 0 Å². The fourth-order valence-corrected chi connectivity index (χ4v) is 2.62. The number of fused-ring (bicyclic) bond motifs is 1. The third kappa shape index (κ3) is 3.34. The maximum atomic E-state index is 13.1. The van der Waals surface area contributed by atoms with Crippen LogP contribution in [0.2, 0.25) is 0 Å². The van der Waals surface area contributed by atoms with Gasteiger partial charge in [0.25, 0.3) is 0 Å². The third-order valence-corrected chi connectivity index (χ3v) is 3.93. The number of ether oxygens (including phenoxy) is 2. The highest BCUT2D eigenvalue weighted by atomic mass is 19.1. The average molecular weight is 367 g/mol. The fourth-order valence-electron chi connectivity index (χ4n) is 2.62. The Bertz CT molecular complexity index is 1030. The van der Waals surface area contributed by atoms with Gasteiger partial charge in [0.15, 0.2) is 23.1 Å². The van der Waals surface area contributed by atoms with Crippen LogP contribution >= 0.6 is 0 Å². The molecule has 0 radical (unpaired) electrons. The van der Waals surface area contributed by atoms with Crippen LogP contribution in [0, 0.1) is 5.82 Å². The zero-order valence-corrected chi connectivity index (χ0v) is 14.2. The molecule has 3 aromatic rings. The minimum atomic E-state index is -0.342. The molecular formula is C18H14FN5O3. The molecule has 0 unspecified atom stereocenters. The molecular weight excluding hydrogens is 353 g/mol. The van der Waals surface area contributed by atoms with Gasteiger partial charge in [-0.3, -0.25) is 4.79 Å². The summed E-state index contributed by atoms with van der Waals surface area (Å²) in [6.07, 6.45) is 3.24. The molecule has 0 saturated carbocycles. The van der Waals surface area contributed by atoms with E-state index in [4.69, 9.17) is 9.47 Å². The van der Waals surface area contributed by atoms with E-state index in [-0.39, 0.29) is 18.4 Å². The molecule has 136 valence electrons. The van der Waals surface area contributed by atoms with Crippen LogP contribution in [0.25, 0.3) is 11.8 Å². The summed E-state index contributed by atoms with van der Waals surface area (Å²) in [5, 5.41) is 14.5. The highest BCUT2D eigenvalue weighted by Crippen LogP contribution is 2.37. The average Bonchev–Trinajstić information content (AvgIpc) is 3.30. The molecule has 2 aromatic carbocycles. The predicted octanol–water partition coefficient (Wildman–Crippen LogP) is 2.82. The molecule has 27 heavy (non-hydrogen) atoms. The largest absolute Gasteiger partial charge is 0.454 e. The molecule has 0 amide bonds. The lowest BCUT2D eigenvalue weighted by Crippen LogP contribution is -2.01. The van der Waals surface area contributed by atoms with Crippen LogP contribution in [0.4, 0.5) is 10.1 Å². The van der Waals surface area contributed by atoms with Crippen molar-refractivity contribution in [3.05, 3.63) is 59.8 Å². The normalized spacial score (nSPS) is 12.5. The number of ketones is 1. The molecule has 8 nitrogen and oxygen atoms in total. The molecule has 2 heterocycles. The first kappa shape index (κ1) is 16.7. The molecule has 1 N–H and O–H groups in total. The number of hydrogen-bond donors (Lipinski definition) is 1. The van der Waals surface area contributed by atoms with Gasteiger partial charge in [0, 0.05) is 23.9 Å². The number of carbonyl (C=O) groups excluding carboxylic acids is 1. The summed E-state index contributed by atoms with van der Waals surface area (Å²) in [5.74, 6) is 1.08. The zero-order valence-electron chi connectivity index (χ0n) is 14.2. The molecule has 0 atom stereocenters. The Morgan fingerprint density at radius 2 is 1.96 bits per heavy atom. The molecule has 0 saturated heterocycles. The van der Waals surface area contributed by atoms with Crippen molar-refractivity contribution < 1.29 is 18.7 Å². The van der Waals surface area contributed by atoms with Crippen molar-refractivity contribution in [2.75, 3.05) is 12.1 Å². The van der Waals surface area contributed by atoms with Crippen LogP contribution in [-0.2, 0) is 0 Å². The Kier molecular flexibility index (Phi) is 4.25. The summed E-state index contributed by atoms with van der Waals surface area (Å²) < 4.78 is 25.2. The molecule has 1 aromatic heterocycles. The summed E-state index contributed by atoms with van der Waals surface area (Å²) in [6, 6.07) is 9.14. The van der Waals surface area contributed by atoms with E-state index in [0.717, 1.165) is 0 Å². The van der Waals surface area contributed by atoms with Gasteiger partial charge < -0.3 is 14.8 Å². The van der Waals surface area contributed by atoms with Crippen LogP contribution in [0.3, 0.4) is 0 Å². The number of rotatable bonds is 5. The van der Waals surface area contributed by atoms with Crippen molar-refractivity contribution in [1.29, 1.82) is 0 Å². The van der Waals surface area contributed by atoms with Gasteiger partial charge in [0.2, 0.25) is 6.79 Å². The summed E-state index contributed by atoms with van der Waals surface area (Å²) in [6.45, 7) is 1.60. The van der Waals surface area contributed by atoms with E-state index in [0.29, 0.717) is 34.3 Å². The van der Waals surface area contributed by atoms with Crippen molar-refractivity contribution >= 4 is 17.5 Å². The van der Waals surface area contributed by atoms with Crippen LogP contribution in [-0.4, -0.2) is 32.8 Å².